The highest BCUT2D eigenvalue weighted by Crippen LogP contribution is 2.28. The number of aliphatic hydroxyl groups is 1. The van der Waals surface area contributed by atoms with E-state index in [1.807, 2.05) is 20.9 Å². The van der Waals surface area contributed by atoms with Crippen LogP contribution in [-0.2, 0) is 4.79 Å². The Labute approximate surface area is 105 Å². The van der Waals surface area contributed by atoms with E-state index in [0.29, 0.717) is 6.54 Å². The van der Waals surface area contributed by atoms with Crippen LogP contribution in [0.2, 0.25) is 0 Å². The Bertz CT molecular complexity index is 268. The average molecular weight is 242 g/mol. The minimum Gasteiger partial charge on any atom is -0.396 e. The molecule has 1 aliphatic rings. The van der Waals surface area contributed by atoms with E-state index < -0.39 is 0 Å². The number of rotatable bonds is 4. The van der Waals surface area contributed by atoms with Crippen molar-refractivity contribution >= 4 is 5.91 Å². The first kappa shape index (κ1) is 14.5. The molecule has 0 radical (unpaired) electrons. The van der Waals surface area contributed by atoms with Gasteiger partial charge in [-0.25, -0.2) is 0 Å². The van der Waals surface area contributed by atoms with Gasteiger partial charge in [0.15, 0.2) is 0 Å². The van der Waals surface area contributed by atoms with Crippen molar-refractivity contribution in [3.05, 3.63) is 0 Å². The molecule has 1 heterocycles. The smallest absolute Gasteiger partial charge is 0.236 e. The van der Waals surface area contributed by atoms with Gasteiger partial charge in [-0.3, -0.25) is 9.69 Å². The summed E-state index contributed by atoms with van der Waals surface area (Å²) in [7, 11) is 1.85. The largest absolute Gasteiger partial charge is 0.396 e. The van der Waals surface area contributed by atoms with E-state index in [1.54, 1.807) is 4.90 Å². The number of amides is 1. The number of hydrogen-bond acceptors (Lipinski definition) is 3. The first-order chi connectivity index (χ1) is 7.88. The highest BCUT2D eigenvalue weighted by atomic mass is 16.3. The topological polar surface area (TPSA) is 43.8 Å². The van der Waals surface area contributed by atoms with Crippen LogP contribution in [0.15, 0.2) is 0 Å². The molecule has 100 valence electrons. The van der Waals surface area contributed by atoms with Crippen molar-refractivity contribution in [3.63, 3.8) is 0 Å². The van der Waals surface area contributed by atoms with Crippen LogP contribution in [-0.4, -0.2) is 60.1 Å². The van der Waals surface area contributed by atoms with Crippen LogP contribution >= 0.6 is 0 Å². The second kappa shape index (κ2) is 5.83. The van der Waals surface area contributed by atoms with E-state index in [9.17, 15) is 9.90 Å². The third kappa shape index (κ3) is 3.96. The summed E-state index contributed by atoms with van der Waals surface area (Å²) < 4.78 is 0. The Morgan fingerprint density at radius 3 is 2.71 bits per heavy atom. The molecule has 0 aromatic rings. The molecule has 4 nitrogen and oxygen atoms in total. The molecule has 0 spiro atoms. The molecule has 17 heavy (non-hydrogen) atoms. The second-order valence-electron chi connectivity index (χ2n) is 5.88. The van der Waals surface area contributed by atoms with Crippen LogP contribution in [0.25, 0.3) is 0 Å². The van der Waals surface area contributed by atoms with E-state index in [1.165, 1.54) is 0 Å². The Balaban J connectivity index is 2.49. The van der Waals surface area contributed by atoms with Crippen LogP contribution in [0.1, 0.15) is 33.6 Å². The van der Waals surface area contributed by atoms with Gasteiger partial charge in [0.2, 0.25) is 5.91 Å². The lowest BCUT2D eigenvalue weighted by molar-refractivity contribution is -0.133. The van der Waals surface area contributed by atoms with Gasteiger partial charge in [-0.15, -0.1) is 0 Å². The maximum atomic E-state index is 12.0. The quantitative estimate of drug-likeness (QED) is 0.798. The SMILES string of the molecule is CC(C)N(C)C(=O)CN1CCCC(C)(CO)C1. The molecule has 4 heteroatoms. The van der Waals surface area contributed by atoms with Crippen molar-refractivity contribution in [3.8, 4) is 0 Å². The zero-order valence-electron chi connectivity index (χ0n) is 11.6. The lowest BCUT2D eigenvalue weighted by Gasteiger charge is -2.39. The van der Waals surface area contributed by atoms with E-state index in [4.69, 9.17) is 0 Å². The summed E-state index contributed by atoms with van der Waals surface area (Å²) in [5.41, 5.74) is -0.0328. The fourth-order valence-electron chi connectivity index (χ4n) is 2.28. The number of likely N-dealkylation sites (N-methyl/N-ethyl adjacent to an activating group) is 1. The predicted molar refractivity (Wildman–Crippen MR) is 68.8 cm³/mol. The third-order valence-electron chi connectivity index (χ3n) is 3.77. The van der Waals surface area contributed by atoms with Crippen molar-refractivity contribution in [1.29, 1.82) is 0 Å². The van der Waals surface area contributed by atoms with Gasteiger partial charge >= 0.3 is 0 Å². The van der Waals surface area contributed by atoms with Gasteiger partial charge in [0.05, 0.1) is 6.54 Å². The van der Waals surface area contributed by atoms with E-state index in [-0.39, 0.29) is 24.0 Å². The van der Waals surface area contributed by atoms with Gasteiger partial charge in [0.25, 0.3) is 0 Å². The van der Waals surface area contributed by atoms with Crippen LogP contribution in [0, 0.1) is 5.41 Å². The molecule has 1 atom stereocenters. The lowest BCUT2D eigenvalue weighted by atomic mass is 9.83. The van der Waals surface area contributed by atoms with Crippen LogP contribution < -0.4 is 0 Å². The molecule has 1 amide bonds. The van der Waals surface area contributed by atoms with Gasteiger partial charge in [0, 0.05) is 31.7 Å². The fraction of sp³-hybridized carbons (Fsp3) is 0.923. The number of nitrogens with zero attached hydrogens (tertiary/aromatic N) is 2. The lowest BCUT2D eigenvalue weighted by Crippen LogP contribution is -2.48. The Hall–Kier alpha value is -0.610. The summed E-state index contributed by atoms with van der Waals surface area (Å²) >= 11 is 0. The Morgan fingerprint density at radius 1 is 1.53 bits per heavy atom. The molecule has 0 bridgehead atoms. The molecular formula is C13H26N2O2. The van der Waals surface area contributed by atoms with Crippen molar-refractivity contribution in [2.24, 2.45) is 5.41 Å². The minimum atomic E-state index is -0.0328. The molecule has 1 fully saturated rings. The number of carbonyl (C=O) groups excluding carboxylic acids is 1. The summed E-state index contributed by atoms with van der Waals surface area (Å²) in [6.45, 7) is 8.60. The average Bonchev–Trinajstić information content (AvgIpc) is 2.28. The van der Waals surface area contributed by atoms with Crippen LogP contribution in [0.4, 0.5) is 0 Å². The van der Waals surface area contributed by atoms with Gasteiger partial charge < -0.3 is 10.0 Å². The summed E-state index contributed by atoms with van der Waals surface area (Å²) in [4.78, 5) is 15.9. The molecular weight excluding hydrogens is 216 g/mol. The number of aliphatic hydroxyl groups excluding tert-OH is 1. The second-order valence-corrected chi connectivity index (χ2v) is 5.88. The van der Waals surface area contributed by atoms with Gasteiger partial charge in [-0.05, 0) is 33.2 Å². The number of likely N-dealkylation sites (tertiary alicyclic amines) is 1. The highest BCUT2D eigenvalue weighted by molar-refractivity contribution is 5.78. The molecule has 1 aliphatic heterocycles. The zero-order valence-corrected chi connectivity index (χ0v) is 11.6. The van der Waals surface area contributed by atoms with E-state index in [2.05, 4.69) is 11.8 Å². The standard InChI is InChI=1S/C13H26N2O2/c1-11(2)14(4)12(17)8-15-7-5-6-13(3,9-15)10-16/h11,16H,5-10H2,1-4H3. The van der Waals surface area contributed by atoms with Crippen LogP contribution in [0.5, 0.6) is 0 Å². The summed E-state index contributed by atoms with van der Waals surface area (Å²) in [6, 6.07) is 0.247. The molecule has 0 aromatic heterocycles. The number of piperidine rings is 1. The maximum absolute atomic E-state index is 12.0. The van der Waals surface area contributed by atoms with Gasteiger partial charge in [0.1, 0.15) is 0 Å². The first-order valence-electron chi connectivity index (χ1n) is 6.47. The van der Waals surface area contributed by atoms with Gasteiger partial charge in [-0.1, -0.05) is 6.92 Å². The predicted octanol–water partition coefficient (Wildman–Crippen LogP) is 0.948. The molecule has 1 rings (SSSR count). The summed E-state index contributed by atoms with van der Waals surface area (Å²) in [6.07, 6.45) is 2.12. The van der Waals surface area contributed by atoms with Crippen molar-refractivity contribution in [2.45, 2.75) is 39.7 Å². The van der Waals surface area contributed by atoms with Crippen molar-refractivity contribution < 1.29 is 9.90 Å². The molecule has 0 aromatic carbocycles. The fourth-order valence-corrected chi connectivity index (χ4v) is 2.28. The molecule has 1 unspecified atom stereocenters. The van der Waals surface area contributed by atoms with E-state index >= 15 is 0 Å². The Kier molecular flexibility index (Phi) is 4.95. The normalized spacial score (nSPS) is 26.2. The number of hydrogen-bond donors (Lipinski definition) is 1. The zero-order chi connectivity index (χ0) is 13.1. The highest BCUT2D eigenvalue weighted by Gasteiger charge is 2.31. The van der Waals surface area contributed by atoms with Crippen molar-refractivity contribution in [2.75, 3.05) is 33.3 Å². The Morgan fingerprint density at radius 2 is 2.18 bits per heavy atom. The molecule has 1 N–H and O–H groups in total. The molecule has 1 saturated heterocycles. The molecule has 0 aliphatic carbocycles. The number of carbonyl (C=O) groups is 1. The monoisotopic (exact) mass is 242 g/mol. The first-order valence-corrected chi connectivity index (χ1v) is 6.47. The maximum Gasteiger partial charge on any atom is 0.236 e. The van der Waals surface area contributed by atoms with E-state index in [0.717, 1.165) is 25.9 Å². The summed E-state index contributed by atoms with van der Waals surface area (Å²) in [5, 5.41) is 9.38. The van der Waals surface area contributed by atoms with Crippen molar-refractivity contribution in [1.82, 2.24) is 9.80 Å². The van der Waals surface area contributed by atoms with Crippen LogP contribution in [0.3, 0.4) is 0 Å². The van der Waals surface area contributed by atoms with Gasteiger partial charge in [-0.2, -0.15) is 0 Å². The summed E-state index contributed by atoms with van der Waals surface area (Å²) in [5.74, 6) is 0.169. The molecule has 0 saturated carbocycles. The third-order valence-corrected chi connectivity index (χ3v) is 3.77. The minimum absolute atomic E-state index is 0.0328.